The quantitative estimate of drug-likeness (QED) is 0.758. The Labute approximate surface area is 116 Å². The van der Waals surface area contributed by atoms with Crippen LogP contribution in [-0.4, -0.2) is 12.9 Å². The molecule has 2 nitrogen and oxygen atoms in total. The third kappa shape index (κ3) is 2.54. The first-order valence-electron chi connectivity index (χ1n) is 6.93. The van der Waals surface area contributed by atoms with E-state index in [0.29, 0.717) is 0 Å². The Morgan fingerprint density at radius 2 is 1.84 bits per heavy atom. The van der Waals surface area contributed by atoms with Crippen LogP contribution in [0, 0.1) is 12.3 Å². The van der Waals surface area contributed by atoms with Crippen LogP contribution in [0.15, 0.2) is 12.1 Å². The monoisotopic (exact) mass is 260 g/mol. The van der Waals surface area contributed by atoms with E-state index in [1.807, 2.05) is 19.9 Å². The topological polar surface area (TPSA) is 26.3 Å². The molecule has 0 aromatic heterocycles. The zero-order valence-corrected chi connectivity index (χ0v) is 12.9. The number of Topliss-reactive ketones (excluding diaryl/α,β-unsaturated/α-hetero) is 1. The number of rotatable bonds is 3. The van der Waals surface area contributed by atoms with E-state index in [2.05, 4.69) is 26.8 Å². The molecule has 0 aliphatic heterocycles. The highest BCUT2D eigenvalue weighted by molar-refractivity contribution is 6.04. The van der Waals surface area contributed by atoms with Crippen molar-refractivity contribution in [1.29, 1.82) is 0 Å². The zero-order valence-electron chi connectivity index (χ0n) is 12.9. The molecule has 1 fully saturated rings. The molecule has 0 spiro atoms. The minimum Gasteiger partial charge on any atom is -0.496 e. The van der Waals surface area contributed by atoms with Crippen LogP contribution in [0.3, 0.4) is 0 Å². The van der Waals surface area contributed by atoms with Crippen LogP contribution in [0.5, 0.6) is 5.75 Å². The van der Waals surface area contributed by atoms with Crippen molar-refractivity contribution in [3.05, 3.63) is 28.8 Å². The van der Waals surface area contributed by atoms with E-state index >= 15 is 0 Å². The van der Waals surface area contributed by atoms with Crippen molar-refractivity contribution in [2.24, 2.45) is 5.41 Å². The smallest absolute Gasteiger partial charge is 0.172 e. The number of hydrogen-bond acceptors (Lipinski definition) is 2. The second kappa shape index (κ2) is 4.36. The highest BCUT2D eigenvalue weighted by Gasteiger charge is 2.46. The van der Waals surface area contributed by atoms with Crippen molar-refractivity contribution in [3.8, 4) is 5.75 Å². The van der Waals surface area contributed by atoms with E-state index in [-0.39, 0.29) is 16.6 Å². The molecular weight excluding hydrogens is 236 g/mol. The predicted molar refractivity (Wildman–Crippen MR) is 78.1 cm³/mol. The van der Waals surface area contributed by atoms with Gasteiger partial charge in [-0.15, -0.1) is 0 Å². The van der Waals surface area contributed by atoms with Gasteiger partial charge >= 0.3 is 0 Å². The van der Waals surface area contributed by atoms with Gasteiger partial charge in [0.05, 0.1) is 12.7 Å². The molecule has 1 saturated carbocycles. The van der Waals surface area contributed by atoms with Gasteiger partial charge in [-0.25, -0.2) is 0 Å². The second-order valence-corrected chi connectivity index (χ2v) is 7.03. The van der Waals surface area contributed by atoms with E-state index in [1.54, 1.807) is 7.11 Å². The van der Waals surface area contributed by atoms with Crippen molar-refractivity contribution in [1.82, 2.24) is 0 Å². The van der Waals surface area contributed by atoms with Crippen molar-refractivity contribution >= 4 is 5.78 Å². The molecule has 1 aromatic carbocycles. The van der Waals surface area contributed by atoms with E-state index in [4.69, 9.17) is 4.74 Å². The molecule has 0 atom stereocenters. The summed E-state index contributed by atoms with van der Waals surface area (Å²) in [5, 5.41) is 0. The summed E-state index contributed by atoms with van der Waals surface area (Å²) in [6.45, 7) is 10.5. The number of methoxy groups -OCH3 is 1. The Balaban J connectivity index is 2.60. The molecule has 0 bridgehead atoms. The van der Waals surface area contributed by atoms with Crippen molar-refractivity contribution in [2.45, 2.75) is 52.9 Å². The summed E-state index contributed by atoms with van der Waals surface area (Å²) in [6, 6.07) is 4.10. The molecule has 1 aliphatic rings. The molecule has 104 valence electrons. The molecule has 0 N–H and O–H groups in total. The third-order valence-electron chi connectivity index (χ3n) is 4.04. The first kappa shape index (κ1) is 14.1. The van der Waals surface area contributed by atoms with E-state index in [1.165, 1.54) is 0 Å². The maximum absolute atomic E-state index is 12.7. The highest BCUT2D eigenvalue weighted by atomic mass is 16.5. The largest absolute Gasteiger partial charge is 0.496 e. The van der Waals surface area contributed by atoms with Crippen LogP contribution in [0.4, 0.5) is 0 Å². The maximum atomic E-state index is 12.7. The van der Waals surface area contributed by atoms with E-state index < -0.39 is 0 Å². The maximum Gasteiger partial charge on any atom is 0.172 e. The van der Waals surface area contributed by atoms with Gasteiger partial charge in [-0.2, -0.15) is 0 Å². The molecule has 19 heavy (non-hydrogen) atoms. The SMILES string of the molecule is COc1c(C(=O)C2(C)CC2)cc(C)cc1C(C)(C)C. The Kier molecular flexibility index (Phi) is 3.24. The lowest BCUT2D eigenvalue weighted by Gasteiger charge is -2.25. The predicted octanol–water partition coefficient (Wildman–Crippen LogP) is 4.28. The fraction of sp³-hybridized carbons (Fsp3) is 0.588. The standard InChI is InChI=1S/C17H24O2/c1-11-9-12(15(18)17(5)7-8-17)14(19-6)13(10-11)16(2,3)4/h9-10H,7-8H2,1-6H3. The van der Waals surface area contributed by atoms with Crippen molar-refractivity contribution < 1.29 is 9.53 Å². The number of aryl methyl sites for hydroxylation is 1. The lowest BCUT2D eigenvalue weighted by Crippen LogP contribution is -2.19. The number of benzene rings is 1. The summed E-state index contributed by atoms with van der Waals surface area (Å²) in [7, 11) is 1.66. The number of hydrogen-bond donors (Lipinski definition) is 0. The molecule has 0 unspecified atom stereocenters. The number of ketones is 1. The Morgan fingerprint density at radius 1 is 1.26 bits per heavy atom. The molecule has 1 aliphatic carbocycles. The first-order valence-corrected chi connectivity index (χ1v) is 6.93. The third-order valence-corrected chi connectivity index (χ3v) is 4.04. The second-order valence-electron chi connectivity index (χ2n) is 7.03. The molecule has 0 amide bonds. The van der Waals surface area contributed by atoms with E-state index in [9.17, 15) is 4.79 Å². The fourth-order valence-corrected chi connectivity index (χ4v) is 2.46. The Morgan fingerprint density at radius 3 is 2.26 bits per heavy atom. The van der Waals surface area contributed by atoms with Gasteiger partial charge in [0.1, 0.15) is 5.75 Å². The molecule has 1 aromatic rings. The van der Waals surface area contributed by atoms with Gasteiger partial charge in [0.2, 0.25) is 0 Å². The first-order chi connectivity index (χ1) is 8.69. The molecule has 2 heteroatoms. The summed E-state index contributed by atoms with van der Waals surface area (Å²) >= 11 is 0. The van der Waals surface area contributed by atoms with E-state index in [0.717, 1.165) is 35.3 Å². The highest BCUT2D eigenvalue weighted by Crippen LogP contribution is 2.49. The van der Waals surface area contributed by atoms with Gasteiger partial charge < -0.3 is 4.74 Å². The van der Waals surface area contributed by atoms with Crippen LogP contribution >= 0.6 is 0 Å². The molecule has 0 saturated heterocycles. The fourth-order valence-electron chi connectivity index (χ4n) is 2.46. The normalized spacial score (nSPS) is 17.2. The van der Waals surface area contributed by atoms with Gasteiger partial charge in [0.25, 0.3) is 0 Å². The average Bonchev–Trinajstić information content (AvgIpc) is 3.05. The number of carbonyl (C=O) groups excluding carboxylic acids is 1. The lowest BCUT2D eigenvalue weighted by atomic mass is 9.82. The molecule has 0 heterocycles. The van der Waals surface area contributed by atoms with Crippen molar-refractivity contribution in [3.63, 3.8) is 0 Å². The average molecular weight is 260 g/mol. The Hall–Kier alpha value is -1.31. The minimum atomic E-state index is -0.157. The number of carbonyl (C=O) groups is 1. The summed E-state index contributed by atoms with van der Waals surface area (Å²) in [6.07, 6.45) is 1.99. The Bertz CT molecular complexity index is 517. The zero-order chi connectivity index (χ0) is 14.4. The van der Waals surface area contributed by atoms with Gasteiger partial charge in [-0.1, -0.05) is 33.8 Å². The van der Waals surface area contributed by atoms with Gasteiger partial charge in [-0.3, -0.25) is 4.79 Å². The van der Waals surface area contributed by atoms with Crippen LogP contribution in [-0.2, 0) is 5.41 Å². The van der Waals surface area contributed by atoms with Gasteiger partial charge in [-0.05, 0) is 36.8 Å². The molecule has 0 radical (unpaired) electrons. The molecular formula is C17H24O2. The van der Waals surface area contributed by atoms with Crippen LogP contribution in [0.25, 0.3) is 0 Å². The van der Waals surface area contributed by atoms with Crippen LogP contribution < -0.4 is 4.74 Å². The summed E-state index contributed by atoms with van der Waals surface area (Å²) < 4.78 is 5.58. The molecule has 2 rings (SSSR count). The summed E-state index contributed by atoms with van der Waals surface area (Å²) in [4.78, 5) is 12.7. The number of ether oxygens (including phenoxy) is 1. The summed E-state index contributed by atoms with van der Waals surface area (Å²) in [5.74, 6) is 0.995. The van der Waals surface area contributed by atoms with Gasteiger partial charge in [0, 0.05) is 11.0 Å². The summed E-state index contributed by atoms with van der Waals surface area (Å²) in [5.41, 5.74) is 2.81. The van der Waals surface area contributed by atoms with Crippen LogP contribution in [0.2, 0.25) is 0 Å². The van der Waals surface area contributed by atoms with Crippen LogP contribution in [0.1, 0.15) is 62.0 Å². The van der Waals surface area contributed by atoms with Crippen molar-refractivity contribution in [2.75, 3.05) is 7.11 Å². The minimum absolute atomic E-state index is 0.0309. The lowest BCUT2D eigenvalue weighted by molar-refractivity contribution is 0.0909. The van der Waals surface area contributed by atoms with Gasteiger partial charge in [0.15, 0.2) is 5.78 Å².